The van der Waals surface area contributed by atoms with Crippen molar-refractivity contribution in [3.8, 4) is 5.69 Å². The summed E-state index contributed by atoms with van der Waals surface area (Å²) in [5.41, 5.74) is 4.18. The molecule has 4 heterocycles. The summed E-state index contributed by atoms with van der Waals surface area (Å²) in [4.78, 5) is 4.76. The number of pyridine rings is 1. The second-order valence-electron chi connectivity index (χ2n) is 5.87. The minimum absolute atomic E-state index is 0.599. The maximum Gasteiger partial charge on any atom is 0.161 e. The van der Waals surface area contributed by atoms with Crippen LogP contribution in [-0.2, 0) is 6.54 Å². The normalized spacial score (nSPS) is 14.6. The Balaban J connectivity index is 1.66. The zero-order valence-electron chi connectivity index (χ0n) is 12.3. The quantitative estimate of drug-likeness (QED) is 0.570. The first-order chi connectivity index (χ1) is 11.4. The van der Waals surface area contributed by atoms with Crippen LogP contribution in [-0.4, -0.2) is 39.1 Å². The highest BCUT2D eigenvalue weighted by atomic mass is 15.4. The van der Waals surface area contributed by atoms with Gasteiger partial charge in [-0.25, -0.2) is 9.67 Å². The Hall–Kier alpha value is -3.03. The van der Waals surface area contributed by atoms with E-state index < -0.39 is 0 Å². The van der Waals surface area contributed by atoms with Gasteiger partial charge < -0.3 is 4.40 Å². The van der Waals surface area contributed by atoms with Crippen molar-refractivity contribution >= 4 is 5.65 Å². The van der Waals surface area contributed by atoms with Crippen LogP contribution in [0.4, 0.5) is 0 Å². The lowest BCUT2D eigenvalue weighted by Crippen LogP contribution is -2.00. The molecule has 23 heavy (non-hydrogen) atoms. The molecule has 0 atom stereocenters. The fourth-order valence-electron chi connectivity index (χ4n) is 2.87. The minimum atomic E-state index is 0.599. The standard InChI is InChI=1S/C15H14N8/c1-2-11(1)12-5-14(22-9-17-18-10-22)15-19-13(7-21(15)6-12)8-23-4-3-16-20-23/h3-7,9-11H,1-2,8H2. The van der Waals surface area contributed by atoms with Gasteiger partial charge in [-0.15, -0.1) is 15.3 Å². The van der Waals surface area contributed by atoms with E-state index in [1.54, 1.807) is 23.5 Å². The van der Waals surface area contributed by atoms with Crippen molar-refractivity contribution in [3.05, 3.63) is 54.8 Å². The van der Waals surface area contributed by atoms with Crippen molar-refractivity contribution < 1.29 is 0 Å². The molecule has 5 rings (SSSR count). The Morgan fingerprint density at radius 3 is 2.70 bits per heavy atom. The molecule has 0 radical (unpaired) electrons. The van der Waals surface area contributed by atoms with Gasteiger partial charge in [0.25, 0.3) is 0 Å². The number of hydrogen-bond acceptors (Lipinski definition) is 5. The maximum absolute atomic E-state index is 4.76. The third-order valence-electron chi connectivity index (χ3n) is 4.14. The summed E-state index contributed by atoms with van der Waals surface area (Å²) in [5, 5.41) is 15.7. The van der Waals surface area contributed by atoms with E-state index in [0.29, 0.717) is 12.5 Å². The number of imidazole rings is 1. The van der Waals surface area contributed by atoms with E-state index in [9.17, 15) is 0 Å². The zero-order chi connectivity index (χ0) is 15.2. The summed E-state index contributed by atoms with van der Waals surface area (Å²) in [7, 11) is 0. The van der Waals surface area contributed by atoms with Gasteiger partial charge >= 0.3 is 0 Å². The first kappa shape index (κ1) is 12.5. The highest BCUT2D eigenvalue weighted by molar-refractivity contribution is 5.61. The van der Waals surface area contributed by atoms with Gasteiger partial charge in [0.15, 0.2) is 5.65 Å². The Kier molecular flexibility index (Phi) is 2.57. The molecule has 0 amide bonds. The molecule has 0 saturated heterocycles. The number of rotatable bonds is 4. The third kappa shape index (κ3) is 2.19. The van der Waals surface area contributed by atoms with E-state index in [-0.39, 0.29) is 0 Å². The Bertz CT molecular complexity index is 947. The van der Waals surface area contributed by atoms with Gasteiger partial charge in [0.2, 0.25) is 0 Å². The van der Waals surface area contributed by atoms with Crippen molar-refractivity contribution in [2.75, 3.05) is 0 Å². The van der Waals surface area contributed by atoms with Crippen molar-refractivity contribution in [1.82, 2.24) is 39.1 Å². The maximum atomic E-state index is 4.76. The second-order valence-corrected chi connectivity index (χ2v) is 5.87. The van der Waals surface area contributed by atoms with E-state index >= 15 is 0 Å². The summed E-state index contributed by atoms with van der Waals surface area (Å²) < 4.78 is 5.77. The molecule has 1 saturated carbocycles. The molecule has 114 valence electrons. The Morgan fingerprint density at radius 2 is 1.96 bits per heavy atom. The molecule has 1 aliphatic carbocycles. The summed E-state index contributed by atoms with van der Waals surface area (Å²) in [6, 6.07) is 2.20. The molecule has 0 aromatic carbocycles. The second kappa shape index (κ2) is 4.73. The highest BCUT2D eigenvalue weighted by Gasteiger charge is 2.25. The lowest BCUT2D eigenvalue weighted by atomic mass is 10.2. The lowest BCUT2D eigenvalue weighted by Gasteiger charge is -2.07. The monoisotopic (exact) mass is 306 g/mol. The smallest absolute Gasteiger partial charge is 0.161 e. The number of fused-ring (bicyclic) bond motifs is 1. The SMILES string of the molecule is c1cn(Cc2cn3cc(C4CC4)cc(-n4cnnc4)c3n2)nn1. The van der Waals surface area contributed by atoms with Gasteiger partial charge in [0.1, 0.15) is 12.7 Å². The van der Waals surface area contributed by atoms with Gasteiger partial charge in [-0.2, -0.15) is 0 Å². The number of nitrogens with zero attached hydrogens (tertiary/aromatic N) is 8. The molecule has 0 aliphatic heterocycles. The Morgan fingerprint density at radius 1 is 1.09 bits per heavy atom. The van der Waals surface area contributed by atoms with Crippen LogP contribution in [0.25, 0.3) is 11.3 Å². The van der Waals surface area contributed by atoms with Gasteiger partial charge in [0, 0.05) is 18.6 Å². The molecular weight excluding hydrogens is 292 g/mol. The molecule has 0 bridgehead atoms. The minimum Gasteiger partial charge on any atom is -0.305 e. The van der Waals surface area contributed by atoms with Crippen LogP contribution < -0.4 is 0 Å². The van der Waals surface area contributed by atoms with Crippen LogP contribution in [0.5, 0.6) is 0 Å². The van der Waals surface area contributed by atoms with Crippen LogP contribution in [0.3, 0.4) is 0 Å². The average molecular weight is 306 g/mol. The molecule has 0 spiro atoms. The van der Waals surface area contributed by atoms with Crippen LogP contribution >= 0.6 is 0 Å². The predicted octanol–water partition coefficient (Wildman–Crippen LogP) is 1.43. The van der Waals surface area contributed by atoms with E-state index in [1.807, 2.05) is 10.8 Å². The summed E-state index contributed by atoms with van der Waals surface area (Å²) in [5.74, 6) is 0.663. The topological polar surface area (TPSA) is 78.7 Å². The van der Waals surface area contributed by atoms with Crippen molar-refractivity contribution in [2.45, 2.75) is 25.3 Å². The molecule has 8 nitrogen and oxygen atoms in total. The third-order valence-corrected chi connectivity index (χ3v) is 4.14. The van der Waals surface area contributed by atoms with Crippen molar-refractivity contribution in [2.24, 2.45) is 0 Å². The molecule has 4 aromatic rings. The van der Waals surface area contributed by atoms with Crippen LogP contribution in [0, 0.1) is 0 Å². The summed E-state index contributed by atoms with van der Waals surface area (Å²) >= 11 is 0. The first-order valence-electron chi connectivity index (χ1n) is 7.57. The summed E-state index contributed by atoms with van der Waals surface area (Å²) in [6.07, 6.45) is 13.7. The Labute approximate surface area is 131 Å². The van der Waals surface area contributed by atoms with Crippen molar-refractivity contribution in [1.29, 1.82) is 0 Å². The number of aromatic nitrogens is 8. The van der Waals surface area contributed by atoms with E-state index in [1.165, 1.54) is 18.4 Å². The van der Waals surface area contributed by atoms with Crippen molar-refractivity contribution in [3.63, 3.8) is 0 Å². The van der Waals surface area contributed by atoms with E-state index in [4.69, 9.17) is 4.98 Å². The molecule has 1 aliphatic rings. The highest BCUT2D eigenvalue weighted by Crippen LogP contribution is 2.41. The van der Waals surface area contributed by atoms with E-state index in [0.717, 1.165) is 17.0 Å². The van der Waals surface area contributed by atoms with Gasteiger partial charge in [0.05, 0.1) is 24.1 Å². The zero-order valence-corrected chi connectivity index (χ0v) is 12.3. The van der Waals surface area contributed by atoms with Gasteiger partial charge in [-0.1, -0.05) is 5.21 Å². The first-order valence-corrected chi connectivity index (χ1v) is 7.57. The molecule has 4 aromatic heterocycles. The van der Waals surface area contributed by atoms with E-state index in [2.05, 4.69) is 43.4 Å². The molecular formula is C15H14N8. The number of hydrogen-bond donors (Lipinski definition) is 0. The average Bonchev–Trinajstić information content (AvgIpc) is 2.97. The lowest BCUT2D eigenvalue weighted by molar-refractivity contribution is 0.641. The predicted molar refractivity (Wildman–Crippen MR) is 81.2 cm³/mol. The van der Waals surface area contributed by atoms with Gasteiger partial charge in [-0.05, 0) is 30.4 Å². The van der Waals surface area contributed by atoms with Crippen LogP contribution in [0.2, 0.25) is 0 Å². The fraction of sp³-hybridized carbons (Fsp3) is 0.267. The molecule has 8 heteroatoms. The molecule has 0 N–H and O–H groups in total. The molecule has 1 fully saturated rings. The van der Waals surface area contributed by atoms with Crippen LogP contribution in [0.15, 0.2) is 43.5 Å². The largest absolute Gasteiger partial charge is 0.305 e. The fourth-order valence-corrected chi connectivity index (χ4v) is 2.87. The summed E-state index contributed by atoms with van der Waals surface area (Å²) in [6.45, 7) is 0.599. The van der Waals surface area contributed by atoms with Crippen LogP contribution in [0.1, 0.15) is 30.0 Å². The molecule has 0 unspecified atom stereocenters. The van der Waals surface area contributed by atoms with Gasteiger partial charge in [-0.3, -0.25) is 4.57 Å².